The van der Waals surface area contributed by atoms with Crippen LogP contribution in [0.25, 0.3) is 0 Å². The Hall–Kier alpha value is -2.02. The fraction of sp³-hybridized carbons (Fsp3) is 0.550. The van der Waals surface area contributed by atoms with Crippen LogP contribution in [-0.4, -0.2) is 59.1 Å². The number of carbonyl (C=O) groups is 3. The summed E-state index contributed by atoms with van der Waals surface area (Å²) in [5.41, 5.74) is 0.146. The lowest BCUT2D eigenvalue weighted by Gasteiger charge is -2.35. The van der Waals surface area contributed by atoms with Gasteiger partial charge in [-0.2, -0.15) is 0 Å². The van der Waals surface area contributed by atoms with Crippen molar-refractivity contribution < 1.29 is 14.4 Å². The largest absolute Gasteiger partial charge is 0.327 e. The van der Waals surface area contributed by atoms with Crippen molar-refractivity contribution in [3.05, 3.63) is 24.3 Å². The fourth-order valence-corrected chi connectivity index (χ4v) is 5.47. The summed E-state index contributed by atoms with van der Waals surface area (Å²) in [6.45, 7) is 0.433. The lowest BCUT2D eigenvalue weighted by atomic mass is 9.81. The summed E-state index contributed by atoms with van der Waals surface area (Å²) in [6.07, 6.45) is 5.27. The van der Waals surface area contributed by atoms with Crippen molar-refractivity contribution in [2.24, 2.45) is 0 Å². The van der Waals surface area contributed by atoms with Crippen molar-refractivity contribution in [2.75, 3.05) is 30.8 Å². The van der Waals surface area contributed by atoms with Gasteiger partial charge in [0.15, 0.2) is 0 Å². The lowest BCUT2D eigenvalue weighted by molar-refractivity contribution is -0.136. The molecule has 0 N–H and O–H groups in total. The van der Waals surface area contributed by atoms with Gasteiger partial charge in [-0.05, 0) is 37.1 Å². The van der Waals surface area contributed by atoms with Gasteiger partial charge in [-0.15, -0.1) is 11.8 Å². The van der Waals surface area contributed by atoms with Crippen LogP contribution in [0.2, 0.25) is 0 Å². The fourth-order valence-electron chi connectivity index (χ4n) is 4.48. The van der Waals surface area contributed by atoms with Gasteiger partial charge in [0.05, 0.1) is 5.69 Å². The third kappa shape index (κ3) is 3.02. The van der Waals surface area contributed by atoms with E-state index in [2.05, 4.69) is 0 Å². The van der Waals surface area contributed by atoms with Gasteiger partial charge in [0.2, 0.25) is 5.91 Å². The topological polar surface area (TPSA) is 60.9 Å². The summed E-state index contributed by atoms with van der Waals surface area (Å²) in [5.74, 6) is 0.572. The molecule has 1 saturated heterocycles. The molecule has 0 radical (unpaired) electrons. The summed E-state index contributed by atoms with van der Waals surface area (Å²) < 4.78 is 0. The van der Waals surface area contributed by atoms with Crippen molar-refractivity contribution in [3.63, 3.8) is 0 Å². The molecule has 144 valence electrons. The third-order valence-electron chi connectivity index (χ3n) is 6.02. The Kier molecular flexibility index (Phi) is 4.88. The normalized spacial score (nSPS) is 22.2. The quantitative estimate of drug-likeness (QED) is 0.732. The van der Waals surface area contributed by atoms with Crippen LogP contribution in [0.4, 0.5) is 10.5 Å². The molecule has 0 aromatic heterocycles. The molecule has 0 atom stereocenters. The first-order valence-corrected chi connectivity index (χ1v) is 10.7. The van der Waals surface area contributed by atoms with Crippen molar-refractivity contribution in [1.82, 2.24) is 9.80 Å². The SMILES string of the molecule is CN1C(=O)N(CC(=O)N2CCCSc3ccccc32)C(=O)C12CCCCC2. The van der Waals surface area contributed by atoms with Crippen molar-refractivity contribution in [1.29, 1.82) is 0 Å². The molecule has 2 fully saturated rings. The van der Waals surface area contributed by atoms with Crippen LogP contribution in [0.15, 0.2) is 29.2 Å². The number of para-hydroxylation sites is 1. The van der Waals surface area contributed by atoms with Gasteiger partial charge in [0, 0.05) is 18.5 Å². The minimum atomic E-state index is -0.734. The Labute approximate surface area is 163 Å². The number of benzene rings is 1. The van der Waals surface area contributed by atoms with Gasteiger partial charge in [0.25, 0.3) is 5.91 Å². The lowest BCUT2D eigenvalue weighted by Crippen LogP contribution is -2.49. The van der Waals surface area contributed by atoms with Crippen LogP contribution in [0.3, 0.4) is 0 Å². The van der Waals surface area contributed by atoms with E-state index in [-0.39, 0.29) is 24.4 Å². The summed E-state index contributed by atoms with van der Waals surface area (Å²) in [7, 11) is 1.70. The minimum Gasteiger partial charge on any atom is -0.313 e. The van der Waals surface area contributed by atoms with Crippen molar-refractivity contribution in [2.45, 2.75) is 49.0 Å². The minimum absolute atomic E-state index is 0.178. The number of urea groups is 1. The molecule has 6 nitrogen and oxygen atoms in total. The van der Waals surface area contributed by atoms with E-state index in [0.717, 1.165) is 42.0 Å². The van der Waals surface area contributed by atoms with Crippen LogP contribution in [0, 0.1) is 0 Å². The highest BCUT2D eigenvalue weighted by atomic mass is 32.2. The Morgan fingerprint density at radius 3 is 2.63 bits per heavy atom. The van der Waals surface area contributed by atoms with E-state index in [9.17, 15) is 14.4 Å². The monoisotopic (exact) mass is 387 g/mol. The number of carbonyl (C=O) groups excluding carboxylic acids is 3. The van der Waals surface area contributed by atoms with Gasteiger partial charge < -0.3 is 9.80 Å². The predicted molar refractivity (Wildman–Crippen MR) is 105 cm³/mol. The van der Waals surface area contributed by atoms with Gasteiger partial charge in [-0.25, -0.2) is 4.79 Å². The molecule has 3 aliphatic rings. The first kappa shape index (κ1) is 18.3. The number of thioether (sulfide) groups is 1. The van der Waals surface area contributed by atoms with Crippen LogP contribution in [0.5, 0.6) is 0 Å². The van der Waals surface area contributed by atoms with Crippen molar-refractivity contribution >= 4 is 35.3 Å². The Balaban J connectivity index is 1.56. The second kappa shape index (κ2) is 7.19. The number of anilines is 1. The summed E-state index contributed by atoms with van der Waals surface area (Å²) in [4.78, 5) is 44.6. The second-order valence-corrected chi connectivity index (χ2v) is 8.68. The highest BCUT2D eigenvalue weighted by molar-refractivity contribution is 7.99. The van der Waals surface area contributed by atoms with E-state index in [1.54, 1.807) is 28.6 Å². The average Bonchev–Trinajstić information content (AvgIpc) is 2.87. The van der Waals surface area contributed by atoms with Gasteiger partial charge in [-0.1, -0.05) is 31.4 Å². The van der Waals surface area contributed by atoms with Gasteiger partial charge in [-0.3, -0.25) is 14.5 Å². The predicted octanol–water partition coefficient (Wildman–Crippen LogP) is 3.11. The molecule has 0 bridgehead atoms. The zero-order valence-electron chi connectivity index (χ0n) is 15.6. The third-order valence-corrected chi connectivity index (χ3v) is 7.17. The Morgan fingerprint density at radius 2 is 1.85 bits per heavy atom. The van der Waals surface area contributed by atoms with E-state index in [4.69, 9.17) is 0 Å². The van der Waals surface area contributed by atoms with E-state index in [0.29, 0.717) is 19.4 Å². The molecular formula is C20H25N3O3S. The molecule has 2 heterocycles. The van der Waals surface area contributed by atoms with Crippen LogP contribution >= 0.6 is 11.8 Å². The Morgan fingerprint density at radius 1 is 1.11 bits per heavy atom. The number of rotatable bonds is 2. The maximum absolute atomic E-state index is 13.1. The van der Waals surface area contributed by atoms with E-state index in [1.807, 2.05) is 24.3 Å². The number of fused-ring (bicyclic) bond motifs is 1. The standard InChI is InChI=1S/C20H25N3O3S/c1-21-19(26)23(18(25)20(21)10-5-2-6-11-20)14-17(24)22-12-7-13-27-16-9-4-3-8-15(16)22/h3-4,8-9H,2,5-7,10-14H2,1H3. The molecule has 1 aromatic carbocycles. The first-order valence-electron chi connectivity index (χ1n) is 9.66. The molecule has 2 aliphatic heterocycles. The number of likely N-dealkylation sites (N-methyl/N-ethyl adjacent to an activating group) is 1. The van der Waals surface area contributed by atoms with E-state index < -0.39 is 5.54 Å². The van der Waals surface area contributed by atoms with Gasteiger partial charge >= 0.3 is 6.03 Å². The molecular weight excluding hydrogens is 362 g/mol. The average molecular weight is 388 g/mol. The zero-order valence-corrected chi connectivity index (χ0v) is 16.5. The van der Waals surface area contributed by atoms with Crippen molar-refractivity contribution in [3.8, 4) is 0 Å². The molecule has 0 unspecified atom stereocenters. The van der Waals surface area contributed by atoms with Crippen LogP contribution in [-0.2, 0) is 9.59 Å². The van der Waals surface area contributed by atoms with Crippen LogP contribution < -0.4 is 4.90 Å². The van der Waals surface area contributed by atoms with Gasteiger partial charge in [0.1, 0.15) is 12.1 Å². The number of hydrogen-bond acceptors (Lipinski definition) is 4. The maximum Gasteiger partial charge on any atom is 0.327 e. The highest BCUT2D eigenvalue weighted by Crippen LogP contribution is 2.40. The smallest absolute Gasteiger partial charge is 0.313 e. The molecule has 4 rings (SSSR count). The summed E-state index contributed by atoms with van der Waals surface area (Å²) in [5, 5.41) is 0. The maximum atomic E-state index is 13.1. The number of imide groups is 1. The summed E-state index contributed by atoms with van der Waals surface area (Å²) >= 11 is 1.74. The van der Waals surface area contributed by atoms with E-state index in [1.165, 1.54) is 4.90 Å². The number of amides is 4. The molecule has 1 aromatic rings. The first-order chi connectivity index (χ1) is 13.0. The van der Waals surface area contributed by atoms with Crippen LogP contribution in [0.1, 0.15) is 38.5 Å². The molecule has 7 heteroatoms. The highest BCUT2D eigenvalue weighted by Gasteiger charge is 2.56. The second-order valence-electron chi connectivity index (χ2n) is 7.54. The molecule has 4 amide bonds. The molecule has 1 spiro atoms. The number of hydrogen-bond donors (Lipinski definition) is 0. The van der Waals surface area contributed by atoms with E-state index >= 15 is 0 Å². The molecule has 27 heavy (non-hydrogen) atoms. The molecule has 1 aliphatic carbocycles. The Bertz CT molecular complexity index is 775. The number of nitrogens with zero attached hydrogens (tertiary/aromatic N) is 3. The summed E-state index contributed by atoms with van der Waals surface area (Å²) in [6, 6.07) is 7.50. The molecule has 1 saturated carbocycles. The zero-order chi connectivity index (χ0) is 19.0.